The van der Waals surface area contributed by atoms with E-state index in [9.17, 15) is 4.79 Å². The van der Waals surface area contributed by atoms with Gasteiger partial charge >= 0.3 is 0 Å². The first kappa shape index (κ1) is 18.3. The highest BCUT2D eigenvalue weighted by Gasteiger charge is 2.23. The molecule has 0 aromatic heterocycles. The van der Waals surface area contributed by atoms with Gasteiger partial charge in [0.1, 0.15) is 0 Å². The number of halogens is 1. The summed E-state index contributed by atoms with van der Waals surface area (Å²) in [5, 5.41) is 1.05. The molecule has 1 amide bonds. The van der Waals surface area contributed by atoms with Crippen LogP contribution in [0.15, 0.2) is 48.5 Å². The van der Waals surface area contributed by atoms with Crippen molar-refractivity contribution in [3.8, 4) is 11.5 Å². The molecule has 2 aromatic rings. The first-order valence-corrected chi connectivity index (χ1v) is 10.4. The van der Waals surface area contributed by atoms with E-state index in [1.165, 1.54) is 5.56 Å². The van der Waals surface area contributed by atoms with Gasteiger partial charge in [0.05, 0.1) is 0 Å². The standard InChI is InChI=1S/C21H20ClNO3S/c22-17-5-1-15(2-6-17)3-8-21(24)23-10-9-20(27-12-11-23)16-4-7-18-19(13-16)26-14-25-18/h1-8,13,20H,9-12,14H2/b8-3+. The van der Waals surface area contributed by atoms with Gasteiger partial charge in [0.15, 0.2) is 11.5 Å². The van der Waals surface area contributed by atoms with Crippen LogP contribution in [-0.2, 0) is 4.79 Å². The zero-order valence-electron chi connectivity index (χ0n) is 14.8. The average molecular weight is 402 g/mol. The van der Waals surface area contributed by atoms with E-state index in [1.807, 2.05) is 53.1 Å². The molecule has 0 bridgehead atoms. The van der Waals surface area contributed by atoms with Gasteiger partial charge in [0.25, 0.3) is 0 Å². The Morgan fingerprint density at radius 1 is 1.11 bits per heavy atom. The molecule has 0 N–H and O–H groups in total. The van der Waals surface area contributed by atoms with Crippen LogP contribution in [-0.4, -0.2) is 36.4 Å². The maximum absolute atomic E-state index is 12.6. The SMILES string of the molecule is O=C(/C=C/c1ccc(Cl)cc1)N1CCSC(c2ccc3c(c2)OCO3)CC1. The molecule has 1 fully saturated rings. The molecular weight excluding hydrogens is 382 g/mol. The molecule has 2 aromatic carbocycles. The number of nitrogens with zero attached hydrogens (tertiary/aromatic N) is 1. The fraction of sp³-hybridized carbons (Fsp3) is 0.286. The molecule has 6 heteroatoms. The number of carbonyl (C=O) groups excluding carboxylic acids is 1. The fourth-order valence-electron chi connectivity index (χ4n) is 3.22. The predicted molar refractivity (Wildman–Crippen MR) is 109 cm³/mol. The van der Waals surface area contributed by atoms with E-state index in [4.69, 9.17) is 21.1 Å². The highest BCUT2D eigenvalue weighted by molar-refractivity contribution is 7.99. The molecule has 4 rings (SSSR count). The molecular formula is C21H20ClNO3S. The normalized spacial score (nSPS) is 19.3. The number of hydrogen-bond acceptors (Lipinski definition) is 4. The van der Waals surface area contributed by atoms with E-state index in [0.29, 0.717) is 17.1 Å². The molecule has 4 nitrogen and oxygen atoms in total. The number of thioether (sulfide) groups is 1. The zero-order valence-corrected chi connectivity index (χ0v) is 16.3. The van der Waals surface area contributed by atoms with Crippen LogP contribution in [0.5, 0.6) is 11.5 Å². The maximum Gasteiger partial charge on any atom is 0.246 e. The molecule has 0 aliphatic carbocycles. The molecule has 2 heterocycles. The van der Waals surface area contributed by atoms with Crippen LogP contribution in [0.2, 0.25) is 5.02 Å². The van der Waals surface area contributed by atoms with Crippen molar-refractivity contribution in [3.05, 3.63) is 64.7 Å². The summed E-state index contributed by atoms with van der Waals surface area (Å²) in [6, 6.07) is 13.6. The molecule has 0 spiro atoms. The van der Waals surface area contributed by atoms with Gasteiger partial charge in [-0.05, 0) is 47.9 Å². The van der Waals surface area contributed by atoms with Crippen LogP contribution < -0.4 is 9.47 Å². The Labute approximate surface area is 168 Å². The Bertz CT molecular complexity index is 853. The molecule has 27 heavy (non-hydrogen) atoms. The summed E-state index contributed by atoms with van der Waals surface area (Å²) >= 11 is 7.78. The van der Waals surface area contributed by atoms with Crippen LogP contribution in [0, 0.1) is 0 Å². The van der Waals surface area contributed by atoms with Crippen LogP contribution in [0.3, 0.4) is 0 Å². The van der Waals surface area contributed by atoms with Gasteiger partial charge in [0, 0.05) is 35.2 Å². The highest BCUT2D eigenvalue weighted by atomic mass is 35.5. The lowest BCUT2D eigenvalue weighted by molar-refractivity contribution is -0.125. The number of amides is 1. The smallest absolute Gasteiger partial charge is 0.246 e. The molecule has 0 saturated carbocycles. The number of benzene rings is 2. The van der Waals surface area contributed by atoms with Gasteiger partial charge in [-0.3, -0.25) is 4.79 Å². The highest BCUT2D eigenvalue weighted by Crippen LogP contribution is 2.40. The number of ether oxygens (including phenoxy) is 2. The van der Waals surface area contributed by atoms with Crippen LogP contribution in [0.4, 0.5) is 0 Å². The van der Waals surface area contributed by atoms with Gasteiger partial charge in [0.2, 0.25) is 12.7 Å². The minimum Gasteiger partial charge on any atom is -0.454 e. The van der Waals surface area contributed by atoms with Crippen molar-refractivity contribution >= 4 is 35.3 Å². The molecule has 2 aliphatic rings. The number of carbonyl (C=O) groups is 1. The molecule has 1 atom stereocenters. The Morgan fingerprint density at radius 2 is 1.93 bits per heavy atom. The van der Waals surface area contributed by atoms with Crippen molar-refractivity contribution in [2.24, 2.45) is 0 Å². The quantitative estimate of drug-likeness (QED) is 0.693. The van der Waals surface area contributed by atoms with E-state index >= 15 is 0 Å². The molecule has 140 valence electrons. The van der Waals surface area contributed by atoms with Crippen LogP contribution in [0.25, 0.3) is 6.08 Å². The lowest BCUT2D eigenvalue weighted by atomic mass is 10.1. The second kappa shape index (κ2) is 8.28. The van der Waals surface area contributed by atoms with E-state index in [-0.39, 0.29) is 5.91 Å². The minimum atomic E-state index is 0.0527. The van der Waals surface area contributed by atoms with E-state index in [2.05, 4.69) is 12.1 Å². The number of rotatable bonds is 3. The summed E-state index contributed by atoms with van der Waals surface area (Å²) < 4.78 is 10.9. The Balaban J connectivity index is 1.38. The van der Waals surface area contributed by atoms with Crippen molar-refractivity contribution in [1.82, 2.24) is 4.90 Å². The van der Waals surface area contributed by atoms with Crippen molar-refractivity contribution in [3.63, 3.8) is 0 Å². The third-order valence-electron chi connectivity index (χ3n) is 4.71. The summed E-state index contributed by atoms with van der Waals surface area (Å²) in [6.45, 7) is 1.80. The monoisotopic (exact) mass is 401 g/mol. The van der Waals surface area contributed by atoms with Gasteiger partial charge in [-0.2, -0.15) is 11.8 Å². The lowest BCUT2D eigenvalue weighted by Crippen LogP contribution is -2.31. The van der Waals surface area contributed by atoms with Gasteiger partial charge < -0.3 is 14.4 Å². The lowest BCUT2D eigenvalue weighted by Gasteiger charge is -2.18. The summed E-state index contributed by atoms with van der Waals surface area (Å²) in [5.41, 5.74) is 2.20. The average Bonchev–Trinajstić information content (AvgIpc) is 3.02. The Morgan fingerprint density at radius 3 is 2.78 bits per heavy atom. The molecule has 1 saturated heterocycles. The summed E-state index contributed by atoms with van der Waals surface area (Å²) in [5.74, 6) is 2.59. The first-order chi connectivity index (χ1) is 13.2. The van der Waals surface area contributed by atoms with E-state index < -0.39 is 0 Å². The predicted octanol–water partition coefficient (Wildman–Crippen LogP) is 4.79. The van der Waals surface area contributed by atoms with Gasteiger partial charge in [-0.1, -0.05) is 29.8 Å². The minimum absolute atomic E-state index is 0.0527. The number of fused-ring (bicyclic) bond motifs is 1. The largest absolute Gasteiger partial charge is 0.454 e. The van der Waals surface area contributed by atoms with Crippen molar-refractivity contribution in [1.29, 1.82) is 0 Å². The van der Waals surface area contributed by atoms with Crippen LogP contribution in [0.1, 0.15) is 22.8 Å². The summed E-state index contributed by atoms with van der Waals surface area (Å²) in [4.78, 5) is 14.5. The molecule has 2 aliphatic heterocycles. The topological polar surface area (TPSA) is 38.8 Å². The summed E-state index contributed by atoms with van der Waals surface area (Å²) in [7, 11) is 0. The molecule has 0 radical (unpaired) electrons. The van der Waals surface area contributed by atoms with E-state index in [0.717, 1.165) is 42.3 Å². The fourth-order valence-corrected chi connectivity index (χ4v) is 4.56. The van der Waals surface area contributed by atoms with Crippen molar-refractivity contribution < 1.29 is 14.3 Å². The second-order valence-corrected chi connectivity index (χ2v) is 8.22. The number of hydrogen-bond donors (Lipinski definition) is 0. The third kappa shape index (κ3) is 4.42. The zero-order chi connectivity index (χ0) is 18.6. The summed E-state index contributed by atoms with van der Waals surface area (Å²) in [6.07, 6.45) is 4.41. The van der Waals surface area contributed by atoms with Crippen molar-refractivity contribution in [2.75, 3.05) is 25.6 Å². The van der Waals surface area contributed by atoms with Gasteiger partial charge in [-0.15, -0.1) is 0 Å². The Hall–Kier alpha value is -2.11. The maximum atomic E-state index is 12.6. The van der Waals surface area contributed by atoms with Crippen molar-refractivity contribution in [2.45, 2.75) is 11.7 Å². The second-order valence-electron chi connectivity index (χ2n) is 6.47. The van der Waals surface area contributed by atoms with Gasteiger partial charge in [-0.25, -0.2) is 0 Å². The third-order valence-corrected chi connectivity index (χ3v) is 6.29. The van der Waals surface area contributed by atoms with Crippen LogP contribution >= 0.6 is 23.4 Å². The molecule has 1 unspecified atom stereocenters. The first-order valence-electron chi connectivity index (χ1n) is 8.93. The van der Waals surface area contributed by atoms with E-state index in [1.54, 1.807) is 6.08 Å². The Kier molecular flexibility index (Phi) is 5.60.